The van der Waals surface area contributed by atoms with Gasteiger partial charge in [0.25, 0.3) is 0 Å². The molecule has 0 bridgehead atoms. The topological polar surface area (TPSA) is 21.7 Å². The zero-order valence-corrected chi connectivity index (χ0v) is 16.5. The van der Waals surface area contributed by atoms with Crippen LogP contribution in [0.25, 0.3) is 0 Å². The molecule has 2 atom stereocenters. The predicted octanol–water partition coefficient (Wildman–Crippen LogP) is 5.87. The fraction of sp³-hybridized carbons (Fsp3) is 0.250. The number of para-hydroxylation sites is 1. The Balaban J connectivity index is 1.57. The molecule has 4 heteroatoms. The summed E-state index contributed by atoms with van der Waals surface area (Å²) in [6.45, 7) is 2.95. The van der Waals surface area contributed by atoms with Crippen LogP contribution in [0.3, 0.4) is 0 Å². The number of nitrogens with zero attached hydrogens (tertiary/aromatic N) is 1. The molecule has 0 spiro atoms. The van der Waals surface area contributed by atoms with E-state index in [4.69, 9.17) is 9.47 Å². The zero-order chi connectivity index (χ0) is 18.7. The molecule has 1 aliphatic carbocycles. The second-order valence-corrected chi connectivity index (χ2v) is 8.70. The van der Waals surface area contributed by atoms with Crippen LogP contribution in [0.1, 0.15) is 17.5 Å². The lowest BCUT2D eigenvalue weighted by Gasteiger charge is -2.34. The second-order valence-electron chi connectivity index (χ2n) is 7.61. The number of rotatable bonds is 1. The number of ether oxygens (including phenoxy) is 2. The average Bonchev–Trinajstić information content (AvgIpc) is 3.11. The van der Waals surface area contributed by atoms with Gasteiger partial charge in [0.15, 0.2) is 0 Å². The molecule has 3 nitrogen and oxygen atoms in total. The van der Waals surface area contributed by atoms with Crippen molar-refractivity contribution in [3.8, 4) is 5.75 Å². The molecule has 28 heavy (non-hydrogen) atoms. The summed E-state index contributed by atoms with van der Waals surface area (Å²) in [7, 11) is 0. The van der Waals surface area contributed by atoms with E-state index in [2.05, 4.69) is 72.5 Å². The lowest BCUT2D eigenvalue weighted by atomic mass is 9.98. The number of hydrogen-bond acceptors (Lipinski definition) is 4. The largest absolute Gasteiger partial charge is 0.491 e. The average molecular weight is 388 g/mol. The third-order valence-electron chi connectivity index (χ3n) is 5.91. The van der Waals surface area contributed by atoms with Crippen molar-refractivity contribution < 1.29 is 9.47 Å². The summed E-state index contributed by atoms with van der Waals surface area (Å²) >= 11 is 1.84. The summed E-state index contributed by atoms with van der Waals surface area (Å²) in [5, 5.41) is 0. The first-order valence-corrected chi connectivity index (χ1v) is 10.7. The van der Waals surface area contributed by atoms with Crippen LogP contribution in [-0.4, -0.2) is 12.7 Å². The molecule has 4 aliphatic rings. The fourth-order valence-corrected chi connectivity index (χ4v) is 5.74. The zero-order valence-electron chi connectivity index (χ0n) is 15.7. The normalized spacial score (nSPS) is 24.1. The molecule has 3 heterocycles. The van der Waals surface area contributed by atoms with Crippen LogP contribution in [-0.2, 0) is 11.2 Å². The van der Waals surface area contributed by atoms with Crippen LogP contribution in [0, 0.1) is 12.8 Å². The van der Waals surface area contributed by atoms with E-state index in [9.17, 15) is 0 Å². The van der Waals surface area contributed by atoms with E-state index in [0.29, 0.717) is 0 Å². The van der Waals surface area contributed by atoms with E-state index < -0.39 is 0 Å². The van der Waals surface area contributed by atoms with E-state index in [0.717, 1.165) is 42.5 Å². The molecule has 0 saturated carbocycles. The number of benzene rings is 2. The highest BCUT2D eigenvalue weighted by Gasteiger charge is 2.42. The van der Waals surface area contributed by atoms with E-state index in [1.54, 1.807) is 0 Å². The van der Waals surface area contributed by atoms with Gasteiger partial charge in [0.2, 0.25) is 5.88 Å². The molecule has 2 aromatic rings. The van der Waals surface area contributed by atoms with Gasteiger partial charge in [-0.2, -0.15) is 0 Å². The Kier molecular flexibility index (Phi) is 3.63. The summed E-state index contributed by atoms with van der Waals surface area (Å²) in [6, 6.07) is 13.0. The maximum Gasteiger partial charge on any atom is 0.210 e. The number of fused-ring (bicyclic) bond motifs is 4. The van der Waals surface area contributed by atoms with Crippen molar-refractivity contribution in [2.75, 3.05) is 11.5 Å². The van der Waals surface area contributed by atoms with Crippen molar-refractivity contribution in [3.05, 3.63) is 82.6 Å². The Morgan fingerprint density at radius 2 is 1.93 bits per heavy atom. The Hall–Kier alpha value is -2.59. The van der Waals surface area contributed by atoms with E-state index in [1.165, 1.54) is 20.9 Å². The van der Waals surface area contributed by atoms with Crippen molar-refractivity contribution in [2.24, 2.45) is 5.92 Å². The monoisotopic (exact) mass is 387 g/mol. The van der Waals surface area contributed by atoms with Gasteiger partial charge in [-0.25, -0.2) is 0 Å². The van der Waals surface area contributed by atoms with Gasteiger partial charge in [-0.05, 0) is 55.2 Å². The third-order valence-corrected chi connectivity index (χ3v) is 7.14. The van der Waals surface area contributed by atoms with Crippen LogP contribution < -0.4 is 9.64 Å². The lowest BCUT2D eigenvalue weighted by molar-refractivity contribution is 0.161. The van der Waals surface area contributed by atoms with Gasteiger partial charge in [-0.15, -0.1) is 0 Å². The fourth-order valence-electron chi connectivity index (χ4n) is 4.52. The maximum atomic E-state index is 6.51. The number of anilines is 2. The highest BCUT2D eigenvalue weighted by atomic mass is 32.2. The van der Waals surface area contributed by atoms with Gasteiger partial charge < -0.3 is 9.47 Å². The molecule has 0 saturated heterocycles. The summed E-state index contributed by atoms with van der Waals surface area (Å²) in [6.07, 6.45) is 10.8. The van der Waals surface area contributed by atoms with Crippen LogP contribution >= 0.6 is 11.8 Å². The van der Waals surface area contributed by atoms with Crippen molar-refractivity contribution >= 4 is 23.1 Å². The molecule has 0 fully saturated rings. The highest BCUT2D eigenvalue weighted by Crippen LogP contribution is 2.56. The molecule has 3 aliphatic heterocycles. The molecule has 0 N–H and O–H groups in total. The Morgan fingerprint density at radius 1 is 1.04 bits per heavy atom. The molecule has 2 unspecified atom stereocenters. The molecule has 0 amide bonds. The van der Waals surface area contributed by atoms with Crippen molar-refractivity contribution in [3.63, 3.8) is 0 Å². The predicted molar refractivity (Wildman–Crippen MR) is 113 cm³/mol. The molecular weight excluding hydrogens is 366 g/mol. The quantitative estimate of drug-likeness (QED) is 0.610. The summed E-state index contributed by atoms with van der Waals surface area (Å²) in [5.74, 6) is 2.25. The summed E-state index contributed by atoms with van der Waals surface area (Å²) < 4.78 is 12.7. The van der Waals surface area contributed by atoms with Gasteiger partial charge in [0.1, 0.15) is 11.9 Å². The molecule has 0 aromatic heterocycles. The van der Waals surface area contributed by atoms with Gasteiger partial charge in [0, 0.05) is 4.90 Å². The molecular formula is C24H21NO2S. The molecule has 6 rings (SSSR count). The minimum atomic E-state index is 0.0708. The standard InChI is InChI=1S/C24H21NO2S/c1-15-12-13-19(22-16(15)8-6-14-26-22)25-18-9-3-5-11-21(18)28-23-17-7-2-4-10-20(17)27-24(23)25/h2-5,7,9-13,17,20H,6,8,14H2,1H3. The minimum absolute atomic E-state index is 0.0708. The Morgan fingerprint density at radius 3 is 2.89 bits per heavy atom. The first-order chi connectivity index (χ1) is 13.8. The Labute approximate surface area is 169 Å². The number of thioether (sulfide) groups is 1. The number of allylic oxidation sites excluding steroid dienone is 2. The van der Waals surface area contributed by atoms with E-state index >= 15 is 0 Å². The van der Waals surface area contributed by atoms with Gasteiger partial charge in [-0.3, -0.25) is 4.90 Å². The number of hydrogen-bond donors (Lipinski definition) is 0. The molecule has 2 aromatic carbocycles. The second kappa shape index (κ2) is 6.21. The number of aryl methyl sites for hydroxylation is 1. The van der Waals surface area contributed by atoms with Crippen LogP contribution in [0.2, 0.25) is 0 Å². The minimum Gasteiger partial charge on any atom is -0.491 e. The van der Waals surface area contributed by atoms with Gasteiger partial charge in [-0.1, -0.05) is 48.2 Å². The van der Waals surface area contributed by atoms with Crippen LogP contribution in [0.5, 0.6) is 5.75 Å². The first-order valence-electron chi connectivity index (χ1n) is 9.89. The van der Waals surface area contributed by atoms with Crippen LogP contribution in [0.4, 0.5) is 11.4 Å². The van der Waals surface area contributed by atoms with Crippen molar-refractivity contribution in [2.45, 2.75) is 30.8 Å². The van der Waals surface area contributed by atoms with E-state index in [-0.39, 0.29) is 12.0 Å². The maximum absolute atomic E-state index is 6.51. The van der Waals surface area contributed by atoms with E-state index in [1.807, 2.05) is 11.8 Å². The lowest BCUT2D eigenvalue weighted by Crippen LogP contribution is -2.23. The van der Waals surface area contributed by atoms with Crippen molar-refractivity contribution in [1.82, 2.24) is 0 Å². The molecule has 140 valence electrons. The third kappa shape index (κ3) is 2.31. The highest BCUT2D eigenvalue weighted by molar-refractivity contribution is 8.03. The summed E-state index contributed by atoms with van der Waals surface area (Å²) in [5.41, 5.74) is 4.89. The first kappa shape index (κ1) is 16.4. The van der Waals surface area contributed by atoms with Gasteiger partial charge >= 0.3 is 0 Å². The molecule has 0 radical (unpaired) electrons. The summed E-state index contributed by atoms with van der Waals surface area (Å²) in [4.78, 5) is 4.83. The van der Waals surface area contributed by atoms with Crippen LogP contribution in [0.15, 0.2) is 76.4 Å². The van der Waals surface area contributed by atoms with Crippen molar-refractivity contribution in [1.29, 1.82) is 0 Å². The SMILES string of the molecule is Cc1ccc(N2C3=C(Sc4ccccc42)C2C=CC=CC2O3)c2c1CCCO2. The Bertz CT molecular complexity index is 1070. The smallest absolute Gasteiger partial charge is 0.210 e. The van der Waals surface area contributed by atoms with Gasteiger partial charge in [0.05, 0.1) is 28.8 Å².